The molecule has 0 radical (unpaired) electrons. The molecule has 1 aliphatic rings. The minimum atomic E-state index is -0.104. The average Bonchev–Trinajstić information content (AvgIpc) is 1.84. The molecule has 1 aliphatic carbocycles. The van der Waals surface area contributed by atoms with Gasteiger partial charge in [0, 0.05) is 15.9 Å². The summed E-state index contributed by atoms with van der Waals surface area (Å²) in [5.41, 5.74) is 2.57. The van der Waals surface area contributed by atoms with E-state index in [0.717, 1.165) is 6.42 Å². The molecule has 0 bridgehead atoms. The van der Waals surface area contributed by atoms with Crippen LogP contribution < -0.4 is 0 Å². The first-order valence-electron chi connectivity index (χ1n) is 3.80. The van der Waals surface area contributed by atoms with Gasteiger partial charge in [0.25, 0.3) is 0 Å². The molecule has 1 rings (SSSR count). The Morgan fingerprint density at radius 3 is 2.64 bits per heavy atom. The largest absolute Gasteiger partial charge is 0.355 e. The molecule has 11 heavy (non-hydrogen) atoms. The van der Waals surface area contributed by atoms with E-state index in [-0.39, 0.29) is 5.60 Å². The Hall–Kier alpha value is -0.130. The zero-order chi connectivity index (χ0) is 8.48. The van der Waals surface area contributed by atoms with Crippen molar-refractivity contribution in [3.05, 3.63) is 23.3 Å². The first kappa shape index (κ1) is 8.96. The van der Waals surface area contributed by atoms with E-state index in [1.165, 1.54) is 11.1 Å². The second-order valence-corrected chi connectivity index (χ2v) is 3.72. The van der Waals surface area contributed by atoms with E-state index >= 15 is 0 Å². The number of rotatable bonds is 1. The standard InChI is InChI=1S/C9H15OP/c1-7-4-8(2)6-9(3,5-7)10-11/h4-5H,6,11H2,1-3H3. The summed E-state index contributed by atoms with van der Waals surface area (Å²) in [6.45, 7) is 6.34. The number of allylic oxidation sites excluding steroid dienone is 2. The van der Waals surface area contributed by atoms with Gasteiger partial charge in [0.15, 0.2) is 0 Å². The van der Waals surface area contributed by atoms with Crippen molar-refractivity contribution < 1.29 is 4.52 Å². The summed E-state index contributed by atoms with van der Waals surface area (Å²) in [5.74, 6) is 0. The maximum Gasteiger partial charge on any atom is 0.0912 e. The van der Waals surface area contributed by atoms with Crippen molar-refractivity contribution in [2.24, 2.45) is 0 Å². The van der Waals surface area contributed by atoms with Crippen molar-refractivity contribution in [1.82, 2.24) is 0 Å². The van der Waals surface area contributed by atoms with Crippen LogP contribution in [-0.4, -0.2) is 5.60 Å². The maximum atomic E-state index is 5.32. The molecule has 0 aromatic heterocycles. The smallest absolute Gasteiger partial charge is 0.0912 e. The van der Waals surface area contributed by atoms with Crippen molar-refractivity contribution in [2.75, 3.05) is 0 Å². The molecule has 0 N–H and O–H groups in total. The van der Waals surface area contributed by atoms with Gasteiger partial charge in [-0.05, 0) is 26.8 Å². The number of hydrogen-bond donors (Lipinski definition) is 0. The molecule has 1 nitrogen and oxygen atoms in total. The summed E-state index contributed by atoms with van der Waals surface area (Å²) in [6, 6.07) is 0. The van der Waals surface area contributed by atoms with Gasteiger partial charge in [-0.15, -0.1) is 0 Å². The van der Waals surface area contributed by atoms with Crippen LogP contribution in [0.3, 0.4) is 0 Å². The molecule has 0 fully saturated rings. The van der Waals surface area contributed by atoms with Crippen LogP contribution in [0, 0.1) is 0 Å². The summed E-state index contributed by atoms with van der Waals surface area (Å²) in [7, 11) is 2.34. The Kier molecular flexibility index (Phi) is 2.51. The van der Waals surface area contributed by atoms with E-state index in [1.807, 2.05) is 0 Å². The fourth-order valence-corrected chi connectivity index (χ4v) is 1.79. The number of hydrogen-bond acceptors (Lipinski definition) is 1. The first-order chi connectivity index (χ1) is 5.06. The van der Waals surface area contributed by atoms with Gasteiger partial charge in [-0.2, -0.15) is 0 Å². The van der Waals surface area contributed by atoms with Crippen LogP contribution in [0.5, 0.6) is 0 Å². The highest BCUT2D eigenvalue weighted by atomic mass is 31.0. The van der Waals surface area contributed by atoms with Gasteiger partial charge in [0.2, 0.25) is 0 Å². The third kappa shape index (κ3) is 2.15. The van der Waals surface area contributed by atoms with E-state index in [1.54, 1.807) is 0 Å². The predicted octanol–water partition coefficient (Wildman–Crippen LogP) is 2.85. The van der Waals surface area contributed by atoms with E-state index in [4.69, 9.17) is 4.52 Å². The highest BCUT2D eigenvalue weighted by molar-refractivity contribution is 7.09. The van der Waals surface area contributed by atoms with Gasteiger partial charge in [0.05, 0.1) is 5.60 Å². The zero-order valence-electron chi connectivity index (χ0n) is 7.35. The molecule has 0 heterocycles. The van der Waals surface area contributed by atoms with Crippen molar-refractivity contribution in [3.8, 4) is 0 Å². The van der Waals surface area contributed by atoms with Gasteiger partial charge < -0.3 is 4.52 Å². The quantitative estimate of drug-likeness (QED) is 0.550. The summed E-state index contributed by atoms with van der Waals surface area (Å²) in [5, 5.41) is 0. The van der Waals surface area contributed by atoms with Crippen molar-refractivity contribution in [1.29, 1.82) is 0 Å². The lowest BCUT2D eigenvalue weighted by Gasteiger charge is -2.28. The van der Waals surface area contributed by atoms with Crippen LogP contribution in [0.25, 0.3) is 0 Å². The topological polar surface area (TPSA) is 9.23 Å². The molecule has 0 amide bonds. The van der Waals surface area contributed by atoms with Crippen LogP contribution in [0.2, 0.25) is 0 Å². The van der Waals surface area contributed by atoms with Crippen molar-refractivity contribution in [3.63, 3.8) is 0 Å². The third-order valence-electron chi connectivity index (χ3n) is 1.91. The minimum absolute atomic E-state index is 0.104. The van der Waals surface area contributed by atoms with Gasteiger partial charge in [0.1, 0.15) is 0 Å². The van der Waals surface area contributed by atoms with Gasteiger partial charge >= 0.3 is 0 Å². The molecule has 0 saturated heterocycles. The zero-order valence-corrected chi connectivity index (χ0v) is 8.50. The Labute approximate surface area is 70.8 Å². The lowest BCUT2D eigenvalue weighted by Crippen LogP contribution is -2.24. The Morgan fingerprint density at radius 2 is 2.18 bits per heavy atom. The van der Waals surface area contributed by atoms with E-state index in [9.17, 15) is 0 Å². The predicted molar refractivity (Wildman–Crippen MR) is 51.3 cm³/mol. The van der Waals surface area contributed by atoms with E-state index in [2.05, 4.69) is 42.4 Å². The van der Waals surface area contributed by atoms with Crippen LogP contribution in [-0.2, 0) is 4.52 Å². The summed E-state index contributed by atoms with van der Waals surface area (Å²) >= 11 is 0. The lowest BCUT2D eigenvalue weighted by atomic mass is 9.89. The second-order valence-electron chi connectivity index (χ2n) is 3.49. The third-order valence-corrected chi connectivity index (χ3v) is 2.44. The van der Waals surface area contributed by atoms with Crippen LogP contribution in [0.15, 0.2) is 23.3 Å². The molecule has 0 spiro atoms. The minimum Gasteiger partial charge on any atom is -0.355 e. The van der Waals surface area contributed by atoms with Crippen molar-refractivity contribution >= 4 is 9.47 Å². The molecular formula is C9H15OP. The fraction of sp³-hybridized carbons (Fsp3) is 0.556. The summed E-state index contributed by atoms with van der Waals surface area (Å²) < 4.78 is 5.32. The van der Waals surface area contributed by atoms with Crippen LogP contribution in [0.4, 0.5) is 0 Å². The molecule has 2 unspecified atom stereocenters. The molecule has 0 aromatic rings. The SMILES string of the molecule is CC1=CC(C)(OP)CC(C)=C1. The van der Waals surface area contributed by atoms with Gasteiger partial charge in [-0.1, -0.05) is 17.2 Å². The molecule has 0 aliphatic heterocycles. The normalized spacial score (nSPS) is 31.3. The maximum absolute atomic E-state index is 5.32. The van der Waals surface area contributed by atoms with E-state index in [0.29, 0.717) is 0 Å². The van der Waals surface area contributed by atoms with Crippen LogP contribution in [0.1, 0.15) is 27.2 Å². The highest BCUT2D eigenvalue weighted by Crippen LogP contribution is 2.30. The molecule has 0 saturated carbocycles. The second kappa shape index (κ2) is 3.08. The Morgan fingerprint density at radius 1 is 1.55 bits per heavy atom. The molecule has 62 valence electrons. The van der Waals surface area contributed by atoms with Gasteiger partial charge in [-0.25, -0.2) is 0 Å². The van der Waals surface area contributed by atoms with Gasteiger partial charge in [-0.3, -0.25) is 0 Å². The molecule has 2 atom stereocenters. The monoisotopic (exact) mass is 170 g/mol. The van der Waals surface area contributed by atoms with E-state index < -0.39 is 0 Å². The summed E-state index contributed by atoms with van der Waals surface area (Å²) in [6.07, 6.45) is 5.35. The van der Waals surface area contributed by atoms with Crippen molar-refractivity contribution in [2.45, 2.75) is 32.8 Å². The van der Waals surface area contributed by atoms with Crippen LogP contribution >= 0.6 is 9.47 Å². The fourth-order valence-electron chi connectivity index (χ4n) is 1.64. The molecule has 2 heteroatoms. The average molecular weight is 170 g/mol. The molecular weight excluding hydrogens is 155 g/mol. The Balaban J connectivity index is 2.86. The summed E-state index contributed by atoms with van der Waals surface area (Å²) in [4.78, 5) is 0. The highest BCUT2D eigenvalue weighted by Gasteiger charge is 2.23. The Bertz CT molecular complexity index is 218. The lowest BCUT2D eigenvalue weighted by molar-refractivity contribution is 0.170. The first-order valence-corrected chi connectivity index (χ1v) is 4.27. The molecule has 0 aromatic carbocycles.